The quantitative estimate of drug-likeness (QED) is 0.104. The van der Waals surface area contributed by atoms with E-state index in [9.17, 15) is 14.4 Å². The summed E-state index contributed by atoms with van der Waals surface area (Å²) in [5, 5.41) is 26.5. The van der Waals surface area contributed by atoms with E-state index in [1.807, 2.05) is 0 Å². The van der Waals surface area contributed by atoms with Crippen LogP contribution in [0.3, 0.4) is 0 Å². The maximum absolute atomic E-state index is 11.0. The molecule has 0 amide bonds. The van der Waals surface area contributed by atoms with Crippen LogP contribution in [0.2, 0.25) is 0 Å². The molecule has 0 aromatic rings. The Labute approximate surface area is 170 Å². The molecule has 6 N–H and O–H groups in total. The maximum Gasteiger partial charge on any atom is 0.525 e. The second-order valence-corrected chi connectivity index (χ2v) is 7.17. The predicted molar refractivity (Wildman–Crippen MR) is 102 cm³/mol. The highest BCUT2D eigenvalue weighted by atomic mass is 16.9. The molecule has 0 aromatic carbocycles. The predicted octanol–water partition coefficient (Wildman–Crippen LogP) is 4.26. The van der Waals surface area contributed by atoms with Crippen LogP contribution in [0.25, 0.3) is 0 Å². The lowest BCUT2D eigenvalue weighted by Gasteiger charge is -2.41. The Morgan fingerprint density at radius 3 is 1.59 bits per heavy atom. The number of carboxylic acid groups (broad SMARTS) is 3. The molecule has 29 heavy (non-hydrogen) atoms. The molecule has 0 aliphatic rings. The average molecular weight is 422 g/mol. The number of nitrogens with one attached hydrogen (secondary N) is 1. The highest BCUT2D eigenvalue weighted by Crippen LogP contribution is 2.29. The Balaban J connectivity index is 4.70. The molecule has 0 saturated carbocycles. The molecule has 1 unspecified atom stereocenters. The molecule has 0 bridgehead atoms. The molecule has 0 spiro atoms. The summed E-state index contributed by atoms with van der Waals surface area (Å²) in [6, 6.07) is 0. The number of hydrogen-bond acceptors (Lipinski definition) is 8. The molecular weight excluding hydrogens is 388 g/mol. The van der Waals surface area contributed by atoms with Gasteiger partial charge in [-0.05, 0) is 13.3 Å². The Morgan fingerprint density at radius 2 is 1.21 bits per heavy atom. The van der Waals surface area contributed by atoms with Crippen LogP contribution in [0.4, 0.5) is 14.4 Å². The summed E-state index contributed by atoms with van der Waals surface area (Å²) < 4.78 is 8.99. The highest BCUT2D eigenvalue weighted by molar-refractivity contribution is 5.61. The SMILES string of the molecule is CCCCCCCCCCCCC(C)(N)C(NOC(=O)O)(OC(=O)O)OC(=O)O. The number of carbonyl (C=O) groups is 3. The highest BCUT2D eigenvalue weighted by Gasteiger charge is 2.55. The van der Waals surface area contributed by atoms with Gasteiger partial charge in [0.25, 0.3) is 0 Å². The second-order valence-electron chi connectivity index (χ2n) is 7.17. The van der Waals surface area contributed by atoms with E-state index >= 15 is 0 Å². The van der Waals surface area contributed by atoms with Gasteiger partial charge in [0, 0.05) is 0 Å². The summed E-state index contributed by atoms with van der Waals surface area (Å²) >= 11 is 0. The lowest BCUT2D eigenvalue weighted by molar-refractivity contribution is -0.283. The zero-order valence-electron chi connectivity index (χ0n) is 17.1. The topological polar surface area (TPSA) is 178 Å². The number of hydroxylamine groups is 1. The van der Waals surface area contributed by atoms with Crippen molar-refractivity contribution in [3.05, 3.63) is 0 Å². The van der Waals surface area contributed by atoms with Gasteiger partial charge in [0.1, 0.15) is 5.54 Å². The second kappa shape index (κ2) is 13.8. The molecule has 0 rings (SSSR count). The molecule has 0 saturated heterocycles. The molecule has 0 heterocycles. The Morgan fingerprint density at radius 1 is 0.793 bits per heavy atom. The molecule has 0 fully saturated rings. The van der Waals surface area contributed by atoms with Crippen molar-refractivity contribution in [3.63, 3.8) is 0 Å². The van der Waals surface area contributed by atoms with Crippen molar-refractivity contribution in [3.8, 4) is 0 Å². The van der Waals surface area contributed by atoms with E-state index in [2.05, 4.69) is 21.2 Å². The van der Waals surface area contributed by atoms with Crippen molar-refractivity contribution in [1.82, 2.24) is 5.48 Å². The van der Waals surface area contributed by atoms with Crippen molar-refractivity contribution in [2.75, 3.05) is 0 Å². The van der Waals surface area contributed by atoms with E-state index in [0.29, 0.717) is 6.42 Å². The Kier molecular flexibility index (Phi) is 12.7. The normalized spacial score (nSPS) is 13.3. The van der Waals surface area contributed by atoms with Gasteiger partial charge >= 0.3 is 24.4 Å². The summed E-state index contributed by atoms with van der Waals surface area (Å²) in [6.07, 6.45) is 4.94. The Bertz CT molecular complexity index is 496. The zero-order chi connectivity index (χ0) is 22.3. The first-order valence-corrected chi connectivity index (χ1v) is 9.86. The Hall–Kier alpha value is -2.27. The molecular formula is C18H34N2O9. The number of ether oxygens (including phenoxy) is 2. The first-order chi connectivity index (χ1) is 13.6. The molecule has 11 nitrogen and oxygen atoms in total. The standard InChI is InChI=1S/C18H34N2O9/c1-3-4-5-6-7-8-9-10-11-12-13-17(2,19)18(27-14(21)22,28-15(23)24)20-29-16(25)26/h20H,3-13,19H2,1-2H3,(H,21,22)(H,23,24)(H,25,26). The zero-order valence-corrected chi connectivity index (χ0v) is 17.1. The van der Waals surface area contributed by atoms with Gasteiger partial charge in [0.15, 0.2) is 0 Å². The van der Waals surface area contributed by atoms with E-state index in [1.165, 1.54) is 39.0 Å². The van der Waals surface area contributed by atoms with Crippen LogP contribution in [0, 0.1) is 0 Å². The molecule has 1 atom stereocenters. The van der Waals surface area contributed by atoms with E-state index in [4.69, 9.17) is 21.1 Å². The van der Waals surface area contributed by atoms with Gasteiger partial charge in [-0.2, -0.15) is 0 Å². The third kappa shape index (κ3) is 11.3. The molecule has 0 aliphatic carbocycles. The van der Waals surface area contributed by atoms with Crippen molar-refractivity contribution in [2.45, 2.75) is 95.9 Å². The van der Waals surface area contributed by atoms with Gasteiger partial charge in [-0.25, -0.2) is 14.4 Å². The number of unbranched alkanes of at least 4 members (excludes halogenated alkanes) is 9. The van der Waals surface area contributed by atoms with Gasteiger partial charge in [-0.1, -0.05) is 76.6 Å². The first kappa shape index (κ1) is 26.7. The van der Waals surface area contributed by atoms with Crippen LogP contribution in [-0.2, 0) is 14.3 Å². The third-order valence-electron chi connectivity index (χ3n) is 4.54. The van der Waals surface area contributed by atoms with Crippen LogP contribution >= 0.6 is 0 Å². The summed E-state index contributed by atoms with van der Waals surface area (Å²) in [4.78, 5) is 36.8. The minimum absolute atomic E-state index is 0.0834. The van der Waals surface area contributed by atoms with Crippen molar-refractivity contribution >= 4 is 18.5 Å². The van der Waals surface area contributed by atoms with Crippen LogP contribution in [-0.4, -0.2) is 45.2 Å². The summed E-state index contributed by atoms with van der Waals surface area (Å²) in [5.74, 6) is -2.76. The van der Waals surface area contributed by atoms with Crippen molar-refractivity contribution in [1.29, 1.82) is 0 Å². The molecule has 170 valence electrons. The monoisotopic (exact) mass is 422 g/mol. The van der Waals surface area contributed by atoms with Crippen molar-refractivity contribution < 1.29 is 44.0 Å². The van der Waals surface area contributed by atoms with E-state index in [1.54, 1.807) is 5.48 Å². The number of rotatable bonds is 16. The van der Waals surface area contributed by atoms with Crippen LogP contribution in [0.5, 0.6) is 0 Å². The van der Waals surface area contributed by atoms with E-state index in [-0.39, 0.29) is 6.42 Å². The fourth-order valence-corrected chi connectivity index (χ4v) is 2.91. The van der Waals surface area contributed by atoms with E-state index in [0.717, 1.165) is 25.7 Å². The fraction of sp³-hybridized carbons (Fsp3) is 0.833. The third-order valence-corrected chi connectivity index (χ3v) is 4.54. The number of hydrogen-bond donors (Lipinski definition) is 5. The van der Waals surface area contributed by atoms with Crippen LogP contribution in [0.1, 0.15) is 84.5 Å². The van der Waals surface area contributed by atoms with Crippen LogP contribution < -0.4 is 11.2 Å². The molecule has 11 heteroatoms. The summed E-state index contributed by atoms with van der Waals surface area (Å²) in [6.45, 7) is 3.46. The van der Waals surface area contributed by atoms with Crippen LogP contribution in [0.15, 0.2) is 0 Å². The molecule has 0 aliphatic heterocycles. The minimum Gasteiger partial charge on any atom is -0.450 e. The van der Waals surface area contributed by atoms with Gasteiger partial charge in [-0.3, -0.25) is 0 Å². The van der Waals surface area contributed by atoms with Gasteiger partial charge in [0.2, 0.25) is 0 Å². The largest absolute Gasteiger partial charge is 0.525 e. The summed E-state index contributed by atoms with van der Waals surface area (Å²) in [7, 11) is 0. The average Bonchev–Trinajstić information content (AvgIpc) is 2.60. The lowest BCUT2D eigenvalue weighted by Crippen LogP contribution is -2.70. The minimum atomic E-state index is -2.76. The smallest absolute Gasteiger partial charge is 0.450 e. The molecule has 0 aromatic heterocycles. The number of nitrogens with two attached hydrogens (primary N) is 1. The van der Waals surface area contributed by atoms with Gasteiger partial charge in [-0.15, -0.1) is 0 Å². The summed E-state index contributed by atoms with van der Waals surface area (Å²) in [5.41, 5.74) is 6.02. The van der Waals surface area contributed by atoms with Gasteiger partial charge < -0.3 is 35.4 Å². The lowest BCUT2D eigenvalue weighted by atomic mass is 9.90. The molecule has 0 radical (unpaired) electrons. The van der Waals surface area contributed by atoms with E-state index < -0.39 is 29.9 Å². The van der Waals surface area contributed by atoms with Gasteiger partial charge in [0.05, 0.1) is 0 Å². The maximum atomic E-state index is 11.0. The fourth-order valence-electron chi connectivity index (χ4n) is 2.91. The van der Waals surface area contributed by atoms with Crippen molar-refractivity contribution in [2.24, 2.45) is 5.73 Å². The first-order valence-electron chi connectivity index (χ1n) is 9.86.